The zero-order valence-electron chi connectivity index (χ0n) is 8.92. The maximum atomic E-state index is 12.0. The van der Waals surface area contributed by atoms with Gasteiger partial charge in [-0.3, -0.25) is 0 Å². The molecule has 16 heavy (non-hydrogen) atoms. The number of alkyl halides is 3. The fourth-order valence-electron chi connectivity index (χ4n) is 1.32. The van der Waals surface area contributed by atoms with Gasteiger partial charge in [-0.1, -0.05) is 18.2 Å². The normalized spacial score (nSPS) is 13.6. The third-order valence-electron chi connectivity index (χ3n) is 1.91. The Balaban J connectivity index is 2.71. The molecule has 0 aliphatic heterocycles. The quantitative estimate of drug-likeness (QED) is 0.867. The Morgan fingerprint density at radius 3 is 2.50 bits per heavy atom. The van der Waals surface area contributed by atoms with E-state index in [1.54, 1.807) is 25.1 Å². The van der Waals surface area contributed by atoms with Crippen molar-refractivity contribution in [3.8, 4) is 5.75 Å². The smallest absolute Gasteiger partial charge is 0.422 e. The number of hydrogen-bond donors (Lipinski definition) is 1. The minimum absolute atomic E-state index is 0.115. The molecule has 0 spiro atoms. The molecule has 0 amide bonds. The van der Waals surface area contributed by atoms with Crippen LogP contribution in [0.1, 0.15) is 12.5 Å². The van der Waals surface area contributed by atoms with Crippen molar-refractivity contribution in [3.63, 3.8) is 0 Å². The Morgan fingerprint density at radius 1 is 1.31 bits per heavy atom. The lowest BCUT2D eigenvalue weighted by Gasteiger charge is -2.14. The summed E-state index contributed by atoms with van der Waals surface area (Å²) in [5.74, 6) is 0.247. The van der Waals surface area contributed by atoms with Gasteiger partial charge in [0.25, 0.3) is 0 Å². The minimum atomic E-state index is -4.32. The number of halogens is 3. The van der Waals surface area contributed by atoms with Gasteiger partial charge in [0.2, 0.25) is 0 Å². The van der Waals surface area contributed by atoms with Crippen LogP contribution in [0, 0.1) is 0 Å². The molecule has 0 fully saturated rings. The first-order valence-electron chi connectivity index (χ1n) is 4.91. The average Bonchev–Trinajstić information content (AvgIpc) is 2.14. The van der Waals surface area contributed by atoms with E-state index < -0.39 is 12.8 Å². The highest BCUT2D eigenvalue weighted by Gasteiger charge is 2.28. The van der Waals surface area contributed by atoms with Crippen LogP contribution in [-0.2, 0) is 6.42 Å². The largest absolute Gasteiger partial charge is 0.484 e. The molecule has 2 nitrogen and oxygen atoms in total. The summed E-state index contributed by atoms with van der Waals surface area (Å²) in [4.78, 5) is 0. The average molecular weight is 233 g/mol. The topological polar surface area (TPSA) is 35.2 Å². The summed E-state index contributed by atoms with van der Waals surface area (Å²) < 4.78 is 40.7. The number of hydrogen-bond acceptors (Lipinski definition) is 2. The van der Waals surface area contributed by atoms with Gasteiger partial charge < -0.3 is 10.5 Å². The van der Waals surface area contributed by atoms with Crippen molar-refractivity contribution in [2.24, 2.45) is 5.73 Å². The lowest BCUT2D eigenvalue weighted by Crippen LogP contribution is -2.21. The van der Waals surface area contributed by atoms with Gasteiger partial charge in [-0.25, -0.2) is 0 Å². The second-order valence-electron chi connectivity index (χ2n) is 3.69. The van der Waals surface area contributed by atoms with Crippen LogP contribution in [-0.4, -0.2) is 18.8 Å². The molecule has 0 aliphatic carbocycles. The van der Waals surface area contributed by atoms with Crippen LogP contribution in [0.15, 0.2) is 24.3 Å². The minimum Gasteiger partial charge on any atom is -0.484 e. The third kappa shape index (κ3) is 4.53. The van der Waals surface area contributed by atoms with Crippen molar-refractivity contribution in [1.29, 1.82) is 0 Å². The molecule has 0 radical (unpaired) electrons. The van der Waals surface area contributed by atoms with Gasteiger partial charge in [0.05, 0.1) is 0 Å². The second kappa shape index (κ2) is 5.21. The highest BCUT2D eigenvalue weighted by molar-refractivity contribution is 5.33. The number of nitrogens with two attached hydrogens (primary N) is 1. The summed E-state index contributed by atoms with van der Waals surface area (Å²) in [7, 11) is 0. The predicted molar refractivity (Wildman–Crippen MR) is 55.3 cm³/mol. The van der Waals surface area contributed by atoms with Crippen molar-refractivity contribution in [2.45, 2.75) is 25.6 Å². The van der Waals surface area contributed by atoms with Crippen LogP contribution >= 0.6 is 0 Å². The summed E-state index contributed by atoms with van der Waals surface area (Å²) >= 11 is 0. The predicted octanol–water partition coefficient (Wildman–Crippen LogP) is 2.52. The standard InChI is InChI=1S/C11H14F3NO/c1-8(15)6-9-4-2-3-5-10(9)16-7-11(12,13)14/h2-5,8H,6-7,15H2,1H3. The van der Waals surface area contributed by atoms with E-state index in [0.717, 1.165) is 0 Å². The molecule has 0 heterocycles. The summed E-state index contributed by atoms with van der Waals surface area (Å²) in [6, 6.07) is 6.50. The molecule has 1 aromatic carbocycles. The fraction of sp³-hybridized carbons (Fsp3) is 0.455. The van der Waals surface area contributed by atoms with E-state index >= 15 is 0 Å². The molecule has 2 N–H and O–H groups in total. The zero-order chi connectivity index (χ0) is 12.2. The molecule has 90 valence electrons. The van der Waals surface area contributed by atoms with Gasteiger partial charge in [0.1, 0.15) is 5.75 Å². The van der Waals surface area contributed by atoms with Crippen LogP contribution in [0.4, 0.5) is 13.2 Å². The van der Waals surface area contributed by atoms with Crippen molar-refractivity contribution in [1.82, 2.24) is 0 Å². The molecule has 0 aromatic heterocycles. The second-order valence-corrected chi connectivity index (χ2v) is 3.69. The van der Waals surface area contributed by atoms with Crippen LogP contribution in [0.3, 0.4) is 0 Å². The van der Waals surface area contributed by atoms with E-state index in [9.17, 15) is 13.2 Å². The molecule has 1 rings (SSSR count). The first-order chi connectivity index (χ1) is 7.38. The monoisotopic (exact) mass is 233 g/mol. The van der Waals surface area contributed by atoms with E-state index in [2.05, 4.69) is 0 Å². The summed E-state index contributed by atoms with van der Waals surface area (Å²) in [5.41, 5.74) is 6.29. The third-order valence-corrected chi connectivity index (χ3v) is 1.91. The van der Waals surface area contributed by atoms with E-state index in [-0.39, 0.29) is 11.8 Å². The Kier molecular flexibility index (Phi) is 4.18. The van der Waals surface area contributed by atoms with Gasteiger partial charge in [-0.2, -0.15) is 13.2 Å². The SMILES string of the molecule is CC(N)Cc1ccccc1OCC(F)(F)F. The van der Waals surface area contributed by atoms with Crippen molar-refractivity contribution < 1.29 is 17.9 Å². The summed E-state index contributed by atoms with van der Waals surface area (Å²) in [6.45, 7) is 0.517. The highest BCUT2D eigenvalue weighted by atomic mass is 19.4. The van der Waals surface area contributed by atoms with E-state index in [1.807, 2.05) is 0 Å². The van der Waals surface area contributed by atoms with E-state index in [1.165, 1.54) is 6.07 Å². The maximum absolute atomic E-state index is 12.0. The van der Waals surface area contributed by atoms with Gasteiger partial charge in [0, 0.05) is 6.04 Å². The van der Waals surface area contributed by atoms with Gasteiger partial charge in [-0.15, -0.1) is 0 Å². The zero-order valence-corrected chi connectivity index (χ0v) is 8.92. The number of rotatable bonds is 4. The first kappa shape index (κ1) is 12.8. The molecular formula is C11H14F3NO. The maximum Gasteiger partial charge on any atom is 0.422 e. The molecule has 5 heteroatoms. The van der Waals surface area contributed by atoms with E-state index in [0.29, 0.717) is 12.0 Å². The van der Waals surface area contributed by atoms with Gasteiger partial charge in [-0.05, 0) is 25.0 Å². The Morgan fingerprint density at radius 2 is 1.94 bits per heavy atom. The number of benzene rings is 1. The molecule has 0 saturated heterocycles. The molecule has 0 aliphatic rings. The number of para-hydroxylation sites is 1. The van der Waals surface area contributed by atoms with Crippen molar-refractivity contribution >= 4 is 0 Å². The van der Waals surface area contributed by atoms with Crippen LogP contribution in [0.5, 0.6) is 5.75 Å². The Hall–Kier alpha value is -1.23. The molecule has 1 unspecified atom stereocenters. The molecule has 0 saturated carbocycles. The molecular weight excluding hydrogens is 219 g/mol. The lowest BCUT2D eigenvalue weighted by atomic mass is 10.1. The van der Waals surface area contributed by atoms with Crippen molar-refractivity contribution in [2.75, 3.05) is 6.61 Å². The van der Waals surface area contributed by atoms with Crippen LogP contribution < -0.4 is 10.5 Å². The molecule has 1 atom stereocenters. The fourth-order valence-corrected chi connectivity index (χ4v) is 1.32. The van der Waals surface area contributed by atoms with Crippen LogP contribution in [0.2, 0.25) is 0 Å². The molecule has 0 bridgehead atoms. The Labute approximate surface area is 92.2 Å². The van der Waals surface area contributed by atoms with Gasteiger partial charge >= 0.3 is 6.18 Å². The lowest BCUT2D eigenvalue weighted by molar-refractivity contribution is -0.153. The van der Waals surface area contributed by atoms with Crippen molar-refractivity contribution in [3.05, 3.63) is 29.8 Å². The van der Waals surface area contributed by atoms with Gasteiger partial charge in [0.15, 0.2) is 6.61 Å². The number of ether oxygens (including phenoxy) is 1. The van der Waals surface area contributed by atoms with Crippen LogP contribution in [0.25, 0.3) is 0 Å². The molecule has 1 aromatic rings. The van der Waals surface area contributed by atoms with E-state index in [4.69, 9.17) is 10.5 Å². The summed E-state index contributed by atoms with van der Waals surface area (Å²) in [6.07, 6.45) is -3.82. The highest BCUT2D eigenvalue weighted by Crippen LogP contribution is 2.22. The Bertz CT molecular complexity index is 336. The summed E-state index contributed by atoms with van der Waals surface area (Å²) in [5, 5.41) is 0. The first-order valence-corrected chi connectivity index (χ1v) is 4.91.